The average Bonchev–Trinajstić information content (AvgIpc) is 2.85. The number of aryl methyl sites for hydroxylation is 3. The molecular formula is C17H19IN2. The van der Waals surface area contributed by atoms with Gasteiger partial charge in [0, 0.05) is 27.9 Å². The minimum atomic E-state index is 0. The van der Waals surface area contributed by atoms with Crippen molar-refractivity contribution in [1.29, 1.82) is 0 Å². The van der Waals surface area contributed by atoms with Gasteiger partial charge in [0.15, 0.2) is 12.4 Å². The van der Waals surface area contributed by atoms with Crippen molar-refractivity contribution in [3.8, 4) is 0 Å². The number of pyridine rings is 1. The van der Waals surface area contributed by atoms with Crippen LogP contribution < -0.4 is 28.5 Å². The predicted molar refractivity (Wildman–Crippen MR) is 78.3 cm³/mol. The summed E-state index contributed by atoms with van der Waals surface area (Å²) in [6.07, 6.45) is 9.54. The number of aromatic nitrogens is 2. The summed E-state index contributed by atoms with van der Waals surface area (Å²) in [5.41, 5.74) is 4.38. The zero-order valence-corrected chi connectivity index (χ0v) is 13.9. The van der Waals surface area contributed by atoms with Crippen molar-refractivity contribution in [3.05, 3.63) is 41.9 Å². The molecule has 0 saturated carbocycles. The molecule has 0 spiro atoms. The van der Waals surface area contributed by atoms with Crippen LogP contribution in [-0.4, -0.2) is 4.98 Å². The Morgan fingerprint density at radius 3 is 2.80 bits per heavy atom. The molecule has 1 aromatic carbocycles. The predicted octanol–water partition coefficient (Wildman–Crippen LogP) is 0.511. The molecule has 3 aromatic rings. The first-order chi connectivity index (χ1) is 9.36. The van der Waals surface area contributed by atoms with E-state index in [9.17, 15) is 0 Å². The molecule has 1 aliphatic carbocycles. The smallest absolute Gasteiger partial charge is 0.176 e. The number of fused-ring (bicyclic) bond motifs is 5. The van der Waals surface area contributed by atoms with Crippen molar-refractivity contribution in [2.75, 3.05) is 0 Å². The van der Waals surface area contributed by atoms with E-state index in [0.717, 1.165) is 6.54 Å². The molecule has 104 valence electrons. The van der Waals surface area contributed by atoms with Crippen LogP contribution in [0.1, 0.15) is 31.0 Å². The van der Waals surface area contributed by atoms with E-state index < -0.39 is 0 Å². The molecule has 1 aliphatic rings. The van der Waals surface area contributed by atoms with Crippen molar-refractivity contribution in [3.63, 3.8) is 0 Å². The SMILES string of the molecule is CC[n+]1ccc2c(ccc3c4c([nH]c32)CCCC4)c1.[I-]. The molecule has 2 aromatic heterocycles. The minimum Gasteiger partial charge on any atom is -1.00 e. The van der Waals surface area contributed by atoms with Crippen LogP contribution in [-0.2, 0) is 19.4 Å². The third-order valence-corrected chi connectivity index (χ3v) is 4.45. The molecule has 0 bridgehead atoms. The summed E-state index contributed by atoms with van der Waals surface area (Å²) in [6, 6.07) is 6.83. The molecule has 2 heterocycles. The van der Waals surface area contributed by atoms with E-state index in [2.05, 4.69) is 47.1 Å². The van der Waals surface area contributed by atoms with E-state index >= 15 is 0 Å². The molecule has 2 nitrogen and oxygen atoms in total. The van der Waals surface area contributed by atoms with Gasteiger partial charge >= 0.3 is 0 Å². The topological polar surface area (TPSA) is 19.7 Å². The van der Waals surface area contributed by atoms with Crippen molar-refractivity contribution < 1.29 is 28.5 Å². The van der Waals surface area contributed by atoms with Gasteiger partial charge in [-0.15, -0.1) is 0 Å². The van der Waals surface area contributed by atoms with E-state index in [1.807, 2.05) is 0 Å². The lowest BCUT2D eigenvalue weighted by molar-refractivity contribution is -0.692. The summed E-state index contributed by atoms with van der Waals surface area (Å²) in [7, 11) is 0. The highest BCUT2D eigenvalue weighted by Crippen LogP contribution is 2.32. The molecule has 4 rings (SSSR count). The Bertz CT molecular complexity index is 773. The van der Waals surface area contributed by atoms with Gasteiger partial charge in [0.05, 0.1) is 5.52 Å². The van der Waals surface area contributed by atoms with Crippen LogP contribution >= 0.6 is 0 Å². The highest BCUT2D eigenvalue weighted by Gasteiger charge is 2.17. The van der Waals surface area contributed by atoms with Gasteiger partial charge in [-0.1, -0.05) is 6.07 Å². The van der Waals surface area contributed by atoms with Crippen LogP contribution in [0.5, 0.6) is 0 Å². The Hall–Kier alpha value is -1.10. The van der Waals surface area contributed by atoms with Crippen molar-refractivity contribution in [2.45, 2.75) is 39.2 Å². The molecule has 1 N–H and O–H groups in total. The second-order valence-corrected chi connectivity index (χ2v) is 5.56. The first-order valence-electron chi connectivity index (χ1n) is 7.32. The van der Waals surface area contributed by atoms with Crippen LogP contribution in [0.3, 0.4) is 0 Å². The lowest BCUT2D eigenvalue weighted by atomic mass is 9.95. The van der Waals surface area contributed by atoms with E-state index in [1.54, 1.807) is 5.56 Å². The fourth-order valence-electron chi connectivity index (χ4n) is 3.39. The molecule has 20 heavy (non-hydrogen) atoms. The summed E-state index contributed by atoms with van der Waals surface area (Å²) in [4.78, 5) is 3.69. The average molecular weight is 378 g/mol. The molecule has 0 fully saturated rings. The molecule has 0 unspecified atom stereocenters. The summed E-state index contributed by atoms with van der Waals surface area (Å²) in [6.45, 7) is 3.20. The minimum absolute atomic E-state index is 0. The zero-order valence-electron chi connectivity index (χ0n) is 11.7. The zero-order chi connectivity index (χ0) is 12.8. The number of rotatable bonds is 1. The summed E-state index contributed by atoms with van der Waals surface area (Å²) < 4.78 is 2.23. The number of halogens is 1. The van der Waals surface area contributed by atoms with E-state index in [4.69, 9.17) is 0 Å². The summed E-state index contributed by atoms with van der Waals surface area (Å²) in [5.74, 6) is 0. The quantitative estimate of drug-likeness (QED) is 0.471. The molecule has 3 heteroatoms. The van der Waals surface area contributed by atoms with Crippen molar-refractivity contribution >= 4 is 21.7 Å². The fourth-order valence-corrected chi connectivity index (χ4v) is 3.39. The van der Waals surface area contributed by atoms with Gasteiger partial charge in [0.25, 0.3) is 0 Å². The Labute approximate surface area is 136 Å². The monoisotopic (exact) mass is 378 g/mol. The van der Waals surface area contributed by atoms with Crippen LogP contribution in [0.4, 0.5) is 0 Å². The van der Waals surface area contributed by atoms with Gasteiger partial charge in [-0.05, 0) is 44.2 Å². The van der Waals surface area contributed by atoms with Gasteiger partial charge in [-0.2, -0.15) is 0 Å². The molecule has 0 atom stereocenters. The molecule has 0 saturated heterocycles. The Morgan fingerprint density at radius 2 is 1.95 bits per heavy atom. The molecular weight excluding hydrogens is 359 g/mol. The van der Waals surface area contributed by atoms with Gasteiger partial charge in [0.2, 0.25) is 0 Å². The van der Waals surface area contributed by atoms with Gasteiger partial charge in [-0.25, -0.2) is 4.57 Å². The lowest BCUT2D eigenvalue weighted by Crippen LogP contribution is -3.00. The van der Waals surface area contributed by atoms with Crippen LogP contribution in [0.15, 0.2) is 30.6 Å². The van der Waals surface area contributed by atoms with Crippen LogP contribution in [0, 0.1) is 0 Å². The van der Waals surface area contributed by atoms with Gasteiger partial charge in [-0.3, -0.25) is 0 Å². The van der Waals surface area contributed by atoms with E-state index in [-0.39, 0.29) is 24.0 Å². The van der Waals surface area contributed by atoms with Crippen molar-refractivity contribution in [2.24, 2.45) is 0 Å². The maximum absolute atomic E-state index is 3.69. The Morgan fingerprint density at radius 1 is 1.10 bits per heavy atom. The summed E-state index contributed by atoms with van der Waals surface area (Å²) in [5, 5.41) is 4.13. The van der Waals surface area contributed by atoms with Gasteiger partial charge in [0.1, 0.15) is 6.54 Å². The number of nitrogens with one attached hydrogen (secondary N) is 1. The fraction of sp³-hybridized carbons (Fsp3) is 0.353. The number of H-pyrrole nitrogens is 1. The molecule has 0 amide bonds. The first-order valence-corrected chi connectivity index (χ1v) is 7.32. The second kappa shape index (κ2) is 5.35. The first kappa shape index (κ1) is 13.9. The third kappa shape index (κ3) is 2.03. The largest absolute Gasteiger partial charge is 1.00 e. The lowest BCUT2D eigenvalue weighted by Gasteiger charge is -2.10. The van der Waals surface area contributed by atoms with E-state index in [0.29, 0.717) is 0 Å². The number of hydrogen-bond acceptors (Lipinski definition) is 0. The highest BCUT2D eigenvalue weighted by atomic mass is 127. The number of nitrogens with zero attached hydrogens (tertiary/aromatic N) is 1. The Balaban J connectivity index is 0.00000121. The third-order valence-electron chi connectivity index (χ3n) is 4.45. The Kier molecular flexibility index (Phi) is 3.71. The number of benzene rings is 1. The van der Waals surface area contributed by atoms with Crippen LogP contribution in [0.2, 0.25) is 0 Å². The maximum Gasteiger partial charge on any atom is 0.176 e. The van der Waals surface area contributed by atoms with Gasteiger partial charge < -0.3 is 29.0 Å². The summed E-state index contributed by atoms with van der Waals surface area (Å²) >= 11 is 0. The second-order valence-electron chi connectivity index (χ2n) is 5.56. The molecule has 0 aliphatic heterocycles. The van der Waals surface area contributed by atoms with Crippen LogP contribution in [0.25, 0.3) is 21.7 Å². The van der Waals surface area contributed by atoms with E-state index in [1.165, 1.54) is 53.1 Å². The highest BCUT2D eigenvalue weighted by molar-refractivity contribution is 6.06. The standard InChI is InChI=1S/C17H18N2.HI/c1-2-19-10-9-13-12(11-19)7-8-15-14-5-3-4-6-16(14)18-17(13)15;/h7-11H,2-6H2,1H3;1H. The normalized spacial score (nSPS) is 14.2. The molecule has 0 radical (unpaired) electrons. The van der Waals surface area contributed by atoms with Crippen molar-refractivity contribution in [1.82, 2.24) is 4.98 Å². The number of aromatic amines is 1. The number of hydrogen-bond donors (Lipinski definition) is 1. The maximum atomic E-state index is 3.69.